The van der Waals surface area contributed by atoms with Crippen LogP contribution in [0, 0.1) is 5.82 Å². The fraction of sp³-hybridized carbons (Fsp3) is 0.185. The quantitative estimate of drug-likeness (QED) is 0.228. The molecule has 8 nitrogen and oxygen atoms in total. The first-order valence-electron chi connectivity index (χ1n) is 11.6. The third-order valence-corrected chi connectivity index (χ3v) is 6.48. The molecular weight excluding hydrogens is 623 g/mol. The predicted molar refractivity (Wildman–Crippen MR) is 152 cm³/mol. The Kier molecular flexibility index (Phi) is 8.90. The summed E-state index contributed by atoms with van der Waals surface area (Å²) in [5.74, 6) is 0.418. The smallest absolute Gasteiger partial charge is 0.282 e. The van der Waals surface area contributed by atoms with E-state index in [1.54, 1.807) is 24.3 Å². The standard InChI is InChI=1S/C27H23Br2FN4O4/c1-3-4-24-33-22-10-5-17(28)13-20(22)27(36)34(24)31-14-16-11-21(29)26(23(12-16)37-2)38-15-25(35)32-19-8-6-18(30)7-9-19/h5-14H,3-4,15H2,1-2H3,(H,32,35). The molecule has 1 heterocycles. The van der Waals surface area contributed by atoms with Gasteiger partial charge in [0.1, 0.15) is 11.6 Å². The van der Waals surface area contributed by atoms with E-state index in [0.29, 0.717) is 50.4 Å². The van der Waals surface area contributed by atoms with Gasteiger partial charge >= 0.3 is 0 Å². The van der Waals surface area contributed by atoms with Gasteiger partial charge in [-0.2, -0.15) is 9.78 Å². The number of anilines is 1. The number of aryl methyl sites for hydroxylation is 1. The van der Waals surface area contributed by atoms with Crippen molar-refractivity contribution in [1.29, 1.82) is 0 Å². The highest BCUT2D eigenvalue weighted by molar-refractivity contribution is 9.10. The molecule has 1 aromatic heterocycles. The molecule has 0 saturated heterocycles. The largest absolute Gasteiger partial charge is 0.493 e. The van der Waals surface area contributed by atoms with Crippen molar-refractivity contribution in [3.63, 3.8) is 0 Å². The van der Waals surface area contributed by atoms with Crippen LogP contribution in [0.1, 0.15) is 24.7 Å². The molecule has 0 unspecified atom stereocenters. The lowest BCUT2D eigenvalue weighted by atomic mass is 10.2. The van der Waals surface area contributed by atoms with Crippen molar-refractivity contribution in [1.82, 2.24) is 9.66 Å². The van der Waals surface area contributed by atoms with Gasteiger partial charge in [0.05, 0.1) is 28.7 Å². The highest BCUT2D eigenvalue weighted by atomic mass is 79.9. The summed E-state index contributed by atoms with van der Waals surface area (Å²) in [7, 11) is 1.48. The van der Waals surface area contributed by atoms with Crippen LogP contribution >= 0.6 is 31.9 Å². The molecule has 196 valence electrons. The van der Waals surface area contributed by atoms with E-state index >= 15 is 0 Å². The molecule has 0 aliphatic carbocycles. The number of carbonyl (C=O) groups is 1. The third kappa shape index (κ3) is 6.46. The lowest BCUT2D eigenvalue weighted by molar-refractivity contribution is -0.118. The summed E-state index contributed by atoms with van der Waals surface area (Å²) < 4.78 is 26.8. The molecular formula is C27H23Br2FN4O4. The number of ether oxygens (including phenoxy) is 2. The number of carbonyl (C=O) groups excluding carboxylic acids is 1. The molecule has 0 bridgehead atoms. The van der Waals surface area contributed by atoms with Gasteiger partial charge in [-0.1, -0.05) is 22.9 Å². The van der Waals surface area contributed by atoms with Crippen molar-refractivity contribution in [2.24, 2.45) is 5.10 Å². The molecule has 0 atom stereocenters. The average Bonchev–Trinajstić information content (AvgIpc) is 2.89. The van der Waals surface area contributed by atoms with Crippen molar-refractivity contribution in [3.05, 3.63) is 91.1 Å². The summed E-state index contributed by atoms with van der Waals surface area (Å²) in [6, 6.07) is 14.2. The minimum atomic E-state index is -0.422. The zero-order chi connectivity index (χ0) is 27.2. The lowest BCUT2D eigenvalue weighted by Crippen LogP contribution is -2.22. The second kappa shape index (κ2) is 12.3. The summed E-state index contributed by atoms with van der Waals surface area (Å²) in [5, 5.41) is 7.53. The van der Waals surface area contributed by atoms with Crippen LogP contribution in [0.4, 0.5) is 10.1 Å². The molecule has 0 fully saturated rings. The van der Waals surface area contributed by atoms with Gasteiger partial charge in [-0.15, -0.1) is 0 Å². The van der Waals surface area contributed by atoms with Crippen LogP contribution in [0.5, 0.6) is 11.5 Å². The Morgan fingerprint density at radius 2 is 1.92 bits per heavy atom. The predicted octanol–water partition coefficient (Wildman–Crippen LogP) is 5.92. The monoisotopic (exact) mass is 644 g/mol. The summed E-state index contributed by atoms with van der Waals surface area (Å²) >= 11 is 6.86. The molecule has 1 amide bonds. The Labute approximate surface area is 234 Å². The summed E-state index contributed by atoms with van der Waals surface area (Å²) in [6.45, 7) is 1.71. The molecule has 0 aliphatic rings. The Morgan fingerprint density at radius 1 is 1.16 bits per heavy atom. The number of hydrogen-bond acceptors (Lipinski definition) is 6. The van der Waals surface area contributed by atoms with Gasteiger partial charge in [0.15, 0.2) is 18.1 Å². The number of methoxy groups -OCH3 is 1. The number of halogens is 3. The second-order valence-electron chi connectivity index (χ2n) is 8.18. The topological polar surface area (TPSA) is 94.8 Å². The number of nitrogens with zero attached hydrogens (tertiary/aromatic N) is 3. The number of aromatic nitrogens is 2. The third-order valence-electron chi connectivity index (χ3n) is 5.40. The Bertz CT molecular complexity index is 1570. The van der Waals surface area contributed by atoms with Crippen LogP contribution in [0.2, 0.25) is 0 Å². The Morgan fingerprint density at radius 3 is 2.63 bits per heavy atom. The van der Waals surface area contributed by atoms with Crippen LogP contribution < -0.4 is 20.3 Å². The fourth-order valence-electron chi connectivity index (χ4n) is 3.65. The van der Waals surface area contributed by atoms with E-state index in [1.165, 1.54) is 42.3 Å². The van der Waals surface area contributed by atoms with E-state index in [1.807, 2.05) is 13.0 Å². The first-order valence-corrected chi connectivity index (χ1v) is 13.2. The van der Waals surface area contributed by atoms with Gasteiger partial charge in [0, 0.05) is 16.6 Å². The molecule has 11 heteroatoms. The van der Waals surface area contributed by atoms with Gasteiger partial charge in [0.25, 0.3) is 11.5 Å². The molecule has 38 heavy (non-hydrogen) atoms. The fourth-order valence-corrected chi connectivity index (χ4v) is 4.58. The number of benzene rings is 3. The van der Waals surface area contributed by atoms with E-state index < -0.39 is 11.7 Å². The van der Waals surface area contributed by atoms with E-state index in [9.17, 15) is 14.0 Å². The SMILES string of the molecule is CCCc1nc2ccc(Br)cc2c(=O)n1N=Cc1cc(Br)c(OCC(=O)Nc2ccc(F)cc2)c(OC)c1. The highest BCUT2D eigenvalue weighted by Crippen LogP contribution is 2.36. The molecule has 0 aliphatic heterocycles. The molecule has 0 saturated carbocycles. The van der Waals surface area contributed by atoms with E-state index in [4.69, 9.17) is 9.47 Å². The van der Waals surface area contributed by atoms with Gasteiger partial charge in [-0.3, -0.25) is 9.59 Å². The van der Waals surface area contributed by atoms with Crippen LogP contribution in [-0.4, -0.2) is 35.5 Å². The van der Waals surface area contributed by atoms with Crippen molar-refractivity contribution >= 4 is 60.6 Å². The van der Waals surface area contributed by atoms with Crippen LogP contribution in [0.3, 0.4) is 0 Å². The van der Waals surface area contributed by atoms with Crippen molar-refractivity contribution in [2.75, 3.05) is 19.0 Å². The number of amides is 1. The van der Waals surface area contributed by atoms with Crippen LogP contribution in [0.15, 0.2) is 73.4 Å². The number of rotatable bonds is 9. The number of nitrogens with one attached hydrogen (secondary N) is 1. The minimum Gasteiger partial charge on any atom is -0.493 e. The highest BCUT2D eigenvalue weighted by Gasteiger charge is 2.15. The van der Waals surface area contributed by atoms with E-state index in [-0.39, 0.29) is 12.2 Å². The molecule has 0 spiro atoms. The first kappa shape index (κ1) is 27.5. The molecule has 4 rings (SSSR count). The average molecular weight is 646 g/mol. The summed E-state index contributed by atoms with van der Waals surface area (Å²) in [6.07, 6.45) is 2.91. The Hall–Kier alpha value is -3.57. The maximum absolute atomic E-state index is 13.2. The van der Waals surface area contributed by atoms with Crippen LogP contribution in [-0.2, 0) is 11.2 Å². The maximum atomic E-state index is 13.2. The summed E-state index contributed by atoms with van der Waals surface area (Å²) in [4.78, 5) is 30.1. The van der Waals surface area contributed by atoms with E-state index in [2.05, 4.69) is 47.3 Å². The second-order valence-corrected chi connectivity index (χ2v) is 9.95. The zero-order valence-electron chi connectivity index (χ0n) is 20.5. The van der Waals surface area contributed by atoms with Crippen molar-refractivity contribution in [2.45, 2.75) is 19.8 Å². The number of hydrogen-bond donors (Lipinski definition) is 1. The molecule has 0 radical (unpaired) electrons. The van der Waals surface area contributed by atoms with Gasteiger partial charge in [-0.25, -0.2) is 9.37 Å². The Balaban J connectivity index is 1.57. The van der Waals surface area contributed by atoms with Crippen LogP contribution in [0.25, 0.3) is 10.9 Å². The number of fused-ring (bicyclic) bond motifs is 1. The molecule has 1 N–H and O–H groups in total. The normalized spacial score (nSPS) is 11.2. The lowest BCUT2D eigenvalue weighted by Gasteiger charge is -2.14. The van der Waals surface area contributed by atoms with Gasteiger partial charge in [0.2, 0.25) is 0 Å². The van der Waals surface area contributed by atoms with Gasteiger partial charge in [-0.05, 0) is 82.5 Å². The van der Waals surface area contributed by atoms with Gasteiger partial charge < -0.3 is 14.8 Å². The maximum Gasteiger partial charge on any atom is 0.282 e. The van der Waals surface area contributed by atoms with Crippen molar-refractivity contribution in [3.8, 4) is 11.5 Å². The zero-order valence-corrected chi connectivity index (χ0v) is 23.7. The molecule has 3 aromatic carbocycles. The molecule has 4 aromatic rings. The van der Waals surface area contributed by atoms with Crippen molar-refractivity contribution < 1.29 is 18.7 Å². The minimum absolute atomic E-state index is 0.269. The summed E-state index contributed by atoms with van der Waals surface area (Å²) in [5.41, 5.74) is 1.42. The van der Waals surface area contributed by atoms with E-state index in [0.717, 1.165) is 10.9 Å². The first-order chi connectivity index (χ1) is 18.3.